The molecule has 0 bridgehead atoms. The SMILES string of the molecule is CCN1CCCN(C)C(=O)C1CCO. The first-order valence-electron chi connectivity index (χ1n) is 5.30. The first kappa shape index (κ1) is 11.5. The standard InChI is InChI=1S/C10H20N2O2/c1-3-12-7-4-6-11(2)10(14)9(12)5-8-13/h9,13H,3-8H2,1-2H3. The molecule has 1 saturated heterocycles. The third-order valence-corrected chi connectivity index (χ3v) is 2.85. The molecule has 1 atom stereocenters. The molecule has 1 aliphatic heterocycles. The van der Waals surface area contributed by atoms with Gasteiger partial charge in [-0.3, -0.25) is 9.69 Å². The lowest BCUT2D eigenvalue weighted by molar-refractivity contribution is -0.134. The van der Waals surface area contributed by atoms with Crippen molar-refractivity contribution >= 4 is 5.91 Å². The second kappa shape index (κ2) is 5.32. The highest BCUT2D eigenvalue weighted by molar-refractivity contribution is 5.81. The van der Waals surface area contributed by atoms with Crippen LogP contribution in [-0.4, -0.2) is 60.1 Å². The predicted octanol–water partition coefficient (Wildman–Crippen LogP) is -0.0786. The summed E-state index contributed by atoms with van der Waals surface area (Å²) in [5.74, 6) is 0.151. The molecular weight excluding hydrogens is 180 g/mol. The number of nitrogens with zero attached hydrogens (tertiary/aromatic N) is 2. The van der Waals surface area contributed by atoms with Crippen LogP contribution in [0.3, 0.4) is 0 Å². The van der Waals surface area contributed by atoms with Gasteiger partial charge in [0.2, 0.25) is 5.91 Å². The predicted molar refractivity (Wildman–Crippen MR) is 55.0 cm³/mol. The van der Waals surface area contributed by atoms with Crippen LogP contribution in [-0.2, 0) is 4.79 Å². The molecule has 14 heavy (non-hydrogen) atoms. The van der Waals surface area contributed by atoms with Crippen molar-refractivity contribution in [2.45, 2.75) is 25.8 Å². The minimum absolute atomic E-state index is 0.0841. The topological polar surface area (TPSA) is 43.8 Å². The Morgan fingerprint density at radius 1 is 1.50 bits per heavy atom. The van der Waals surface area contributed by atoms with Crippen molar-refractivity contribution in [1.82, 2.24) is 9.80 Å². The number of aliphatic hydroxyl groups excluding tert-OH is 1. The smallest absolute Gasteiger partial charge is 0.239 e. The molecule has 1 aliphatic rings. The van der Waals surface area contributed by atoms with E-state index in [9.17, 15) is 4.79 Å². The summed E-state index contributed by atoms with van der Waals surface area (Å²) in [7, 11) is 1.84. The maximum absolute atomic E-state index is 11.9. The van der Waals surface area contributed by atoms with Crippen LogP contribution >= 0.6 is 0 Å². The van der Waals surface area contributed by atoms with E-state index in [-0.39, 0.29) is 18.6 Å². The van der Waals surface area contributed by atoms with Crippen LogP contribution in [0.2, 0.25) is 0 Å². The number of aliphatic hydroxyl groups is 1. The van der Waals surface area contributed by atoms with Gasteiger partial charge in [-0.25, -0.2) is 0 Å². The largest absolute Gasteiger partial charge is 0.396 e. The Hall–Kier alpha value is -0.610. The van der Waals surface area contributed by atoms with E-state index in [1.54, 1.807) is 4.90 Å². The lowest BCUT2D eigenvalue weighted by atomic mass is 10.1. The zero-order valence-corrected chi connectivity index (χ0v) is 9.07. The summed E-state index contributed by atoms with van der Waals surface area (Å²) >= 11 is 0. The maximum atomic E-state index is 11.9. The van der Waals surface area contributed by atoms with Gasteiger partial charge in [0.1, 0.15) is 0 Å². The minimum atomic E-state index is -0.113. The van der Waals surface area contributed by atoms with Crippen molar-refractivity contribution in [2.24, 2.45) is 0 Å². The van der Waals surface area contributed by atoms with Gasteiger partial charge >= 0.3 is 0 Å². The molecule has 1 fully saturated rings. The monoisotopic (exact) mass is 200 g/mol. The van der Waals surface area contributed by atoms with E-state index < -0.39 is 0 Å². The zero-order valence-electron chi connectivity index (χ0n) is 9.07. The van der Waals surface area contributed by atoms with E-state index in [0.717, 1.165) is 26.1 Å². The highest BCUT2D eigenvalue weighted by Crippen LogP contribution is 2.12. The normalized spacial score (nSPS) is 25.2. The lowest BCUT2D eigenvalue weighted by Crippen LogP contribution is -2.45. The number of hydrogen-bond acceptors (Lipinski definition) is 3. The Kier molecular flexibility index (Phi) is 4.35. The van der Waals surface area contributed by atoms with Crippen molar-refractivity contribution < 1.29 is 9.90 Å². The van der Waals surface area contributed by atoms with Gasteiger partial charge < -0.3 is 10.0 Å². The van der Waals surface area contributed by atoms with Crippen LogP contribution in [0.15, 0.2) is 0 Å². The fraction of sp³-hybridized carbons (Fsp3) is 0.900. The van der Waals surface area contributed by atoms with Gasteiger partial charge in [-0.2, -0.15) is 0 Å². The van der Waals surface area contributed by atoms with E-state index in [4.69, 9.17) is 5.11 Å². The molecular formula is C10H20N2O2. The van der Waals surface area contributed by atoms with Crippen LogP contribution in [0.5, 0.6) is 0 Å². The van der Waals surface area contributed by atoms with E-state index >= 15 is 0 Å². The molecule has 0 aromatic carbocycles. The van der Waals surface area contributed by atoms with Crippen LogP contribution in [0.4, 0.5) is 0 Å². The number of carbonyl (C=O) groups excluding carboxylic acids is 1. The molecule has 1 heterocycles. The molecule has 0 radical (unpaired) electrons. The Morgan fingerprint density at radius 2 is 2.21 bits per heavy atom. The summed E-state index contributed by atoms with van der Waals surface area (Å²) in [5.41, 5.74) is 0. The Bertz CT molecular complexity index is 197. The highest BCUT2D eigenvalue weighted by Gasteiger charge is 2.29. The number of hydrogen-bond donors (Lipinski definition) is 1. The second-order valence-corrected chi connectivity index (χ2v) is 3.77. The summed E-state index contributed by atoms with van der Waals surface area (Å²) in [6.45, 7) is 4.81. The van der Waals surface area contributed by atoms with Crippen LogP contribution in [0, 0.1) is 0 Å². The van der Waals surface area contributed by atoms with Crippen molar-refractivity contribution in [1.29, 1.82) is 0 Å². The van der Waals surface area contributed by atoms with Crippen LogP contribution in [0.1, 0.15) is 19.8 Å². The average Bonchev–Trinajstić information content (AvgIpc) is 2.31. The first-order chi connectivity index (χ1) is 6.70. The number of amides is 1. The van der Waals surface area contributed by atoms with Gasteiger partial charge in [0.15, 0.2) is 0 Å². The van der Waals surface area contributed by atoms with Crippen molar-refractivity contribution in [2.75, 3.05) is 33.3 Å². The van der Waals surface area contributed by atoms with E-state index in [1.165, 1.54) is 0 Å². The Labute approximate surface area is 85.5 Å². The van der Waals surface area contributed by atoms with Crippen molar-refractivity contribution in [3.05, 3.63) is 0 Å². The molecule has 4 nitrogen and oxygen atoms in total. The average molecular weight is 200 g/mol. The van der Waals surface area contributed by atoms with E-state index in [1.807, 2.05) is 7.05 Å². The molecule has 0 aliphatic carbocycles. The number of rotatable bonds is 3. The molecule has 0 aromatic heterocycles. The highest BCUT2D eigenvalue weighted by atomic mass is 16.3. The van der Waals surface area contributed by atoms with Gasteiger partial charge in [0.05, 0.1) is 6.04 Å². The number of carbonyl (C=O) groups is 1. The van der Waals surface area contributed by atoms with E-state index in [2.05, 4.69) is 11.8 Å². The fourth-order valence-corrected chi connectivity index (χ4v) is 1.99. The summed E-state index contributed by atoms with van der Waals surface area (Å²) in [6, 6.07) is -0.113. The lowest BCUT2D eigenvalue weighted by Gasteiger charge is -2.27. The number of likely N-dealkylation sites (N-methyl/N-ethyl adjacent to an activating group) is 2. The van der Waals surface area contributed by atoms with Crippen LogP contribution in [0.25, 0.3) is 0 Å². The molecule has 0 aromatic rings. The molecule has 0 saturated carbocycles. The summed E-state index contributed by atoms with van der Waals surface area (Å²) in [6.07, 6.45) is 1.58. The third-order valence-electron chi connectivity index (χ3n) is 2.85. The fourth-order valence-electron chi connectivity index (χ4n) is 1.99. The van der Waals surface area contributed by atoms with Gasteiger partial charge in [-0.05, 0) is 19.4 Å². The van der Waals surface area contributed by atoms with Gasteiger partial charge in [-0.15, -0.1) is 0 Å². The van der Waals surface area contributed by atoms with Gasteiger partial charge in [-0.1, -0.05) is 6.92 Å². The van der Waals surface area contributed by atoms with Gasteiger partial charge in [0, 0.05) is 26.7 Å². The summed E-state index contributed by atoms with van der Waals surface area (Å²) in [5, 5.41) is 8.93. The molecule has 1 rings (SSSR count). The first-order valence-corrected chi connectivity index (χ1v) is 5.30. The molecule has 1 amide bonds. The summed E-state index contributed by atoms with van der Waals surface area (Å²) < 4.78 is 0. The summed E-state index contributed by atoms with van der Waals surface area (Å²) in [4.78, 5) is 15.8. The maximum Gasteiger partial charge on any atom is 0.239 e. The third kappa shape index (κ3) is 2.45. The molecule has 82 valence electrons. The molecule has 0 spiro atoms. The van der Waals surface area contributed by atoms with Crippen LogP contribution < -0.4 is 0 Å². The quantitative estimate of drug-likeness (QED) is 0.693. The second-order valence-electron chi connectivity index (χ2n) is 3.77. The Balaban J connectivity index is 2.71. The molecule has 4 heteroatoms. The van der Waals surface area contributed by atoms with E-state index in [0.29, 0.717) is 6.42 Å². The molecule has 1 N–H and O–H groups in total. The molecule has 1 unspecified atom stereocenters. The zero-order chi connectivity index (χ0) is 10.6. The van der Waals surface area contributed by atoms with Gasteiger partial charge in [0.25, 0.3) is 0 Å². The minimum Gasteiger partial charge on any atom is -0.396 e. The Morgan fingerprint density at radius 3 is 2.79 bits per heavy atom. The van der Waals surface area contributed by atoms with Crippen molar-refractivity contribution in [3.8, 4) is 0 Å². The van der Waals surface area contributed by atoms with Crippen molar-refractivity contribution in [3.63, 3.8) is 0 Å².